The molecule has 2 heterocycles. The number of rotatable bonds is 2. The fraction of sp³-hybridized carbons (Fsp3) is 0.545. The molecule has 2 rings (SSSR count). The molecule has 1 aliphatic rings. The van der Waals surface area contributed by atoms with Crippen molar-refractivity contribution in [2.75, 3.05) is 18.0 Å². The lowest BCUT2D eigenvalue weighted by atomic mass is 10.1. The number of piperidine rings is 1. The fourth-order valence-corrected chi connectivity index (χ4v) is 2.05. The van der Waals surface area contributed by atoms with Crippen LogP contribution in [-0.4, -0.2) is 18.1 Å². The number of anilines is 1. The van der Waals surface area contributed by atoms with Crippen LogP contribution >= 0.6 is 12.6 Å². The minimum atomic E-state index is 0.795. The average molecular weight is 208 g/mol. The highest BCUT2D eigenvalue weighted by Crippen LogP contribution is 2.18. The Balaban J connectivity index is 2.13. The van der Waals surface area contributed by atoms with Gasteiger partial charge >= 0.3 is 0 Å². The first-order valence-electron chi connectivity index (χ1n) is 5.21. The summed E-state index contributed by atoms with van der Waals surface area (Å²) in [4.78, 5) is 6.77. The zero-order chi connectivity index (χ0) is 9.80. The summed E-state index contributed by atoms with van der Waals surface area (Å²) in [5, 5.41) is 0. The summed E-state index contributed by atoms with van der Waals surface area (Å²) in [5.41, 5.74) is 1.25. The Bertz CT molecular complexity index is 295. The van der Waals surface area contributed by atoms with Crippen molar-refractivity contribution in [1.29, 1.82) is 0 Å². The highest BCUT2D eigenvalue weighted by Gasteiger charge is 2.11. The van der Waals surface area contributed by atoms with E-state index in [-0.39, 0.29) is 0 Å². The summed E-state index contributed by atoms with van der Waals surface area (Å²) in [6, 6.07) is 4.18. The van der Waals surface area contributed by atoms with Gasteiger partial charge in [-0.2, -0.15) is 12.6 Å². The number of hydrogen-bond acceptors (Lipinski definition) is 3. The lowest BCUT2D eigenvalue weighted by Gasteiger charge is -2.27. The van der Waals surface area contributed by atoms with Gasteiger partial charge in [0.15, 0.2) is 0 Å². The zero-order valence-corrected chi connectivity index (χ0v) is 9.21. The normalized spacial score (nSPS) is 17.1. The average Bonchev–Trinajstić information content (AvgIpc) is 2.30. The highest BCUT2D eigenvalue weighted by atomic mass is 32.1. The summed E-state index contributed by atoms with van der Waals surface area (Å²) in [7, 11) is 0. The van der Waals surface area contributed by atoms with E-state index in [2.05, 4.69) is 28.6 Å². The third-order valence-electron chi connectivity index (χ3n) is 2.67. The van der Waals surface area contributed by atoms with Gasteiger partial charge in [0.25, 0.3) is 0 Å². The SMILES string of the molecule is SCc1ccnc(N2CCCCC2)c1. The maximum absolute atomic E-state index is 4.40. The summed E-state index contributed by atoms with van der Waals surface area (Å²) < 4.78 is 0. The van der Waals surface area contributed by atoms with E-state index >= 15 is 0 Å². The zero-order valence-electron chi connectivity index (χ0n) is 8.32. The molecule has 14 heavy (non-hydrogen) atoms. The molecule has 0 unspecified atom stereocenters. The van der Waals surface area contributed by atoms with Gasteiger partial charge in [-0.3, -0.25) is 0 Å². The quantitative estimate of drug-likeness (QED) is 0.752. The lowest BCUT2D eigenvalue weighted by Crippen LogP contribution is -2.30. The van der Waals surface area contributed by atoms with Crippen LogP contribution in [0.1, 0.15) is 24.8 Å². The van der Waals surface area contributed by atoms with E-state index in [0.29, 0.717) is 0 Å². The number of pyridine rings is 1. The van der Waals surface area contributed by atoms with Crippen molar-refractivity contribution in [3.05, 3.63) is 23.9 Å². The molecule has 1 fully saturated rings. The van der Waals surface area contributed by atoms with Crippen molar-refractivity contribution in [2.45, 2.75) is 25.0 Å². The maximum Gasteiger partial charge on any atom is 0.128 e. The number of thiol groups is 1. The molecule has 0 aliphatic carbocycles. The van der Waals surface area contributed by atoms with Crippen LogP contribution in [0.25, 0.3) is 0 Å². The maximum atomic E-state index is 4.40. The second kappa shape index (κ2) is 4.69. The molecule has 0 saturated carbocycles. The summed E-state index contributed by atoms with van der Waals surface area (Å²) in [6.07, 6.45) is 5.85. The first kappa shape index (κ1) is 9.84. The number of hydrogen-bond donors (Lipinski definition) is 1. The molecule has 0 bridgehead atoms. The molecule has 0 atom stereocenters. The predicted molar refractivity (Wildman–Crippen MR) is 63.0 cm³/mol. The molecular weight excluding hydrogens is 192 g/mol. The van der Waals surface area contributed by atoms with Crippen molar-refractivity contribution in [2.24, 2.45) is 0 Å². The van der Waals surface area contributed by atoms with Crippen LogP contribution in [0.15, 0.2) is 18.3 Å². The van der Waals surface area contributed by atoms with E-state index in [9.17, 15) is 0 Å². The van der Waals surface area contributed by atoms with E-state index in [1.54, 1.807) is 0 Å². The van der Waals surface area contributed by atoms with Crippen LogP contribution in [0, 0.1) is 0 Å². The van der Waals surface area contributed by atoms with Gasteiger partial charge in [0.1, 0.15) is 5.82 Å². The Morgan fingerprint density at radius 1 is 1.29 bits per heavy atom. The molecule has 3 heteroatoms. The molecule has 76 valence electrons. The van der Waals surface area contributed by atoms with Crippen molar-refractivity contribution < 1.29 is 0 Å². The third-order valence-corrected chi connectivity index (χ3v) is 3.04. The van der Waals surface area contributed by atoms with Crippen molar-refractivity contribution >= 4 is 18.4 Å². The molecule has 1 aromatic heterocycles. The van der Waals surface area contributed by atoms with E-state index in [1.807, 2.05) is 12.3 Å². The minimum absolute atomic E-state index is 0.795. The third kappa shape index (κ3) is 2.21. The second-order valence-corrected chi connectivity index (χ2v) is 4.04. The highest BCUT2D eigenvalue weighted by molar-refractivity contribution is 7.79. The molecule has 2 nitrogen and oxygen atoms in total. The van der Waals surface area contributed by atoms with Gasteiger partial charge in [-0.15, -0.1) is 0 Å². The van der Waals surface area contributed by atoms with E-state index in [1.165, 1.54) is 24.8 Å². The minimum Gasteiger partial charge on any atom is -0.357 e. The summed E-state index contributed by atoms with van der Waals surface area (Å²) in [6.45, 7) is 2.31. The summed E-state index contributed by atoms with van der Waals surface area (Å²) >= 11 is 4.28. The Morgan fingerprint density at radius 2 is 2.07 bits per heavy atom. The van der Waals surface area contributed by atoms with Gasteiger partial charge in [0.2, 0.25) is 0 Å². The monoisotopic (exact) mass is 208 g/mol. The Labute approximate surface area is 90.7 Å². The van der Waals surface area contributed by atoms with Crippen LogP contribution in [0.2, 0.25) is 0 Å². The molecule has 0 N–H and O–H groups in total. The van der Waals surface area contributed by atoms with E-state index in [4.69, 9.17) is 0 Å². The standard InChI is InChI=1S/C11H16N2S/c14-9-10-4-5-12-11(8-10)13-6-2-1-3-7-13/h4-5,8,14H,1-3,6-7,9H2. The first-order valence-corrected chi connectivity index (χ1v) is 5.84. The van der Waals surface area contributed by atoms with Gasteiger partial charge in [0.05, 0.1) is 0 Å². The van der Waals surface area contributed by atoms with Crippen molar-refractivity contribution in [1.82, 2.24) is 4.98 Å². The molecule has 0 aromatic carbocycles. The number of nitrogens with zero attached hydrogens (tertiary/aromatic N) is 2. The predicted octanol–water partition coefficient (Wildman–Crippen LogP) is 2.50. The fourth-order valence-electron chi connectivity index (χ4n) is 1.85. The van der Waals surface area contributed by atoms with E-state index < -0.39 is 0 Å². The van der Waals surface area contributed by atoms with Gasteiger partial charge in [0, 0.05) is 25.0 Å². The van der Waals surface area contributed by atoms with Crippen molar-refractivity contribution in [3.63, 3.8) is 0 Å². The molecule has 1 aromatic rings. The van der Waals surface area contributed by atoms with Gasteiger partial charge in [-0.05, 0) is 37.0 Å². The summed E-state index contributed by atoms with van der Waals surface area (Å²) in [5.74, 6) is 1.92. The molecule has 0 amide bonds. The van der Waals surface area contributed by atoms with E-state index in [0.717, 1.165) is 24.7 Å². The first-order chi connectivity index (χ1) is 6.90. The number of aromatic nitrogens is 1. The second-order valence-electron chi connectivity index (χ2n) is 3.73. The lowest BCUT2D eigenvalue weighted by molar-refractivity contribution is 0.573. The molecule has 1 aliphatic heterocycles. The van der Waals surface area contributed by atoms with Crippen LogP contribution in [0.4, 0.5) is 5.82 Å². The molecule has 1 saturated heterocycles. The smallest absolute Gasteiger partial charge is 0.128 e. The van der Waals surface area contributed by atoms with Gasteiger partial charge in [-0.1, -0.05) is 0 Å². The van der Waals surface area contributed by atoms with Crippen LogP contribution in [0.5, 0.6) is 0 Å². The Hall–Kier alpha value is -0.700. The molecule has 0 radical (unpaired) electrons. The van der Waals surface area contributed by atoms with Gasteiger partial charge < -0.3 is 4.90 Å². The Morgan fingerprint density at radius 3 is 2.79 bits per heavy atom. The van der Waals surface area contributed by atoms with Crippen molar-refractivity contribution in [3.8, 4) is 0 Å². The Kier molecular flexibility index (Phi) is 3.30. The molecule has 0 spiro atoms. The van der Waals surface area contributed by atoms with Crippen LogP contribution < -0.4 is 4.90 Å². The van der Waals surface area contributed by atoms with Crippen LogP contribution in [0.3, 0.4) is 0 Å². The molecular formula is C11H16N2S. The topological polar surface area (TPSA) is 16.1 Å². The van der Waals surface area contributed by atoms with Crippen LogP contribution in [-0.2, 0) is 5.75 Å². The largest absolute Gasteiger partial charge is 0.357 e. The van der Waals surface area contributed by atoms with Gasteiger partial charge in [-0.25, -0.2) is 4.98 Å².